The number of fused-ring (bicyclic) bond motifs is 1. The van der Waals surface area contributed by atoms with E-state index in [1.807, 2.05) is 11.8 Å². The summed E-state index contributed by atoms with van der Waals surface area (Å²) in [5, 5.41) is 3.91. The zero-order valence-corrected chi connectivity index (χ0v) is 13.5. The van der Waals surface area contributed by atoms with Gasteiger partial charge in [0.05, 0.1) is 6.10 Å². The first-order valence-electron chi connectivity index (χ1n) is 8.19. The predicted molar refractivity (Wildman–Crippen MR) is 82.2 cm³/mol. The van der Waals surface area contributed by atoms with Crippen LogP contribution in [0.1, 0.15) is 41.0 Å². The number of hydrogen-bond acceptors (Lipinski definition) is 7. The third-order valence-corrected chi connectivity index (χ3v) is 4.82. The minimum atomic E-state index is -0.0677. The lowest BCUT2D eigenvalue weighted by Gasteiger charge is -2.43. The molecule has 2 saturated heterocycles. The number of piperidine rings is 1. The van der Waals surface area contributed by atoms with Gasteiger partial charge in [-0.1, -0.05) is 5.16 Å². The molecule has 3 atom stereocenters. The highest BCUT2D eigenvalue weighted by Gasteiger charge is 2.42. The van der Waals surface area contributed by atoms with Crippen molar-refractivity contribution in [2.24, 2.45) is 5.92 Å². The van der Waals surface area contributed by atoms with Crippen LogP contribution in [0.2, 0.25) is 0 Å². The van der Waals surface area contributed by atoms with Gasteiger partial charge in [-0.15, -0.1) is 0 Å². The van der Waals surface area contributed by atoms with Crippen molar-refractivity contribution in [2.45, 2.75) is 31.8 Å². The molecule has 0 bridgehead atoms. The molecule has 0 aromatic carbocycles. The Morgan fingerprint density at radius 3 is 3.04 bits per heavy atom. The number of carbonyl (C=O) groups is 1. The van der Waals surface area contributed by atoms with Crippen LogP contribution >= 0.6 is 0 Å². The minimum Gasteiger partial charge on any atom is -0.378 e. The van der Waals surface area contributed by atoms with Gasteiger partial charge in [-0.2, -0.15) is 4.98 Å². The Morgan fingerprint density at radius 1 is 1.38 bits per heavy atom. The van der Waals surface area contributed by atoms with E-state index in [0.29, 0.717) is 37.1 Å². The van der Waals surface area contributed by atoms with Crippen molar-refractivity contribution in [3.63, 3.8) is 0 Å². The molecule has 2 aliphatic heterocycles. The van der Waals surface area contributed by atoms with Crippen LogP contribution in [0.4, 0.5) is 0 Å². The SMILES string of the molecule is Cc1noc([C@@H]2CCO[C@@H]3CCN(C(=O)c4ccncn4)C[C@@H]32)n1. The second-order valence-corrected chi connectivity index (χ2v) is 6.28. The van der Waals surface area contributed by atoms with Crippen molar-refractivity contribution in [2.75, 3.05) is 19.7 Å². The predicted octanol–water partition coefficient (Wildman–Crippen LogP) is 1.20. The summed E-state index contributed by atoms with van der Waals surface area (Å²) >= 11 is 0. The zero-order chi connectivity index (χ0) is 16.5. The first-order chi connectivity index (χ1) is 11.7. The third kappa shape index (κ3) is 2.77. The van der Waals surface area contributed by atoms with Crippen molar-refractivity contribution in [3.8, 4) is 0 Å². The number of ether oxygens (including phenoxy) is 1. The maximum atomic E-state index is 12.7. The lowest BCUT2D eigenvalue weighted by molar-refractivity contribution is -0.0757. The average molecular weight is 329 g/mol. The molecule has 0 saturated carbocycles. The summed E-state index contributed by atoms with van der Waals surface area (Å²) in [5.41, 5.74) is 0.422. The number of hydrogen-bond donors (Lipinski definition) is 0. The molecule has 2 fully saturated rings. The number of amides is 1. The number of likely N-dealkylation sites (tertiary alicyclic amines) is 1. The molecule has 2 aliphatic rings. The molecule has 126 valence electrons. The van der Waals surface area contributed by atoms with Crippen LogP contribution in [0.25, 0.3) is 0 Å². The molecule has 4 rings (SSSR count). The van der Waals surface area contributed by atoms with Gasteiger partial charge in [-0.3, -0.25) is 4.79 Å². The summed E-state index contributed by atoms with van der Waals surface area (Å²) in [6.07, 6.45) is 4.75. The number of nitrogens with zero attached hydrogens (tertiary/aromatic N) is 5. The van der Waals surface area contributed by atoms with Crippen LogP contribution in [0.15, 0.2) is 23.1 Å². The van der Waals surface area contributed by atoms with Gasteiger partial charge in [-0.05, 0) is 25.8 Å². The maximum absolute atomic E-state index is 12.7. The van der Waals surface area contributed by atoms with Crippen molar-refractivity contribution in [3.05, 3.63) is 36.0 Å². The topological polar surface area (TPSA) is 94.2 Å². The molecule has 1 amide bonds. The molecule has 0 radical (unpaired) electrons. The standard InChI is InChI=1S/C16H19N5O3/c1-10-19-15(24-20-10)11-4-7-23-14-3-6-21(8-12(11)14)16(22)13-2-5-17-9-18-13/h2,5,9,11-12,14H,3-4,6-8H2,1H3/t11-,12-,14-/m1/s1. The van der Waals surface area contributed by atoms with Crippen molar-refractivity contribution in [1.29, 1.82) is 0 Å². The van der Waals surface area contributed by atoms with Gasteiger partial charge in [0, 0.05) is 37.7 Å². The molecule has 4 heterocycles. The van der Waals surface area contributed by atoms with Crippen LogP contribution in [0.5, 0.6) is 0 Å². The number of rotatable bonds is 2. The van der Waals surface area contributed by atoms with Gasteiger partial charge >= 0.3 is 0 Å². The Kier molecular flexibility index (Phi) is 3.97. The second-order valence-electron chi connectivity index (χ2n) is 6.28. The van der Waals surface area contributed by atoms with Crippen molar-refractivity contribution >= 4 is 5.91 Å². The molecule has 2 aromatic rings. The van der Waals surface area contributed by atoms with Gasteiger partial charge in [0.25, 0.3) is 5.91 Å². The lowest BCUT2D eigenvalue weighted by Crippen LogP contribution is -2.51. The lowest BCUT2D eigenvalue weighted by atomic mass is 9.79. The molecular weight excluding hydrogens is 310 g/mol. The monoisotopic (exact) mass is 329 g/mol. The smallest absolute Gasteiger partial charge is 0.272 e. The quantitative estimate of drug-likeness (QED) is 0.817. The fourth-order valence-corrected chi connectivity index (χ4v) is 3.65. The molecular formula is C16H19N5O3. The van der Waals surface area contributed by atoms with Gasteiger partial charge < -0.3 is 14.2 Å². The van der Waals surface area contributed by atoms with E-state index in [9.17, 15) is 4.79 Å². The van der Waals surface area contributed by atoms with Gasteiger partial charge in [0.15, 0.2) is 5.82 Å². The van der Waals surface area contributed by atoms with E-state index in [4.69, 9.17) is 9.26 Å². The summed E-state index contributed by atoms with van der Waals surface area (Å²) in [6, 6.07) is 1.64. The highest BCUT2D eigenvalue weighted by atomic mass is 16.5. The summed E-state index contributed by atoms with van der Waals surface area (Å²) in [5.74, 6) is 1.52. The number of carbonyl (C=O) groups excluding carboxylic acids is 1. The van der Waals surface area contributed by atoms with Crippen LogP contribution in [-0.2, 0) is 4.74 Å². The first-order valence-corrected chi connectivity index (χ1v) is 8.19. The molecule has 24 heavy (non-hydrogen) atoms. The van der Waals surface area contributed by atoms with Crippen LogP contribution in [0.3, 0.4) is 0 Å². The Bertz CT molecular complexity index is 720. The fraction of sp³-hybridized carbons (Fsp3) is 0.562. The molecule has 0 spiro atoms. The van der Waals surface area contributed by atoms with E-state index in [2.05, 4.69) is 20.1 Å². The molecule has 8 heteroatoms. The maximum Gasteiger partial charge on any atom is 0.272 e. The zero-order valence-electron chi connectivity index (χ0n) is 13.5. The van der Waals surface area contributed by atoms with Crippen LogP contribution in [-0.4, -0.2) is 56.7 Å². The van der Waals surface area contributed by atoms with Crippen molar-refractivity contribution in [1.82, 2.24) is 25.0 Å². The Balaban J connectivity index is 1.54. The summed E-state index contributed by atoms with van der Waals surface area (Å²) in [6.45, 7) is 3.78. The van der Waals surface area contributed by atoms with Crippen molar-refractivity contribution < 1.29 is 14.1 Å². The Hall–Kier alpha value is -2.35. The molecule has 2 aromatic heterocycles. The van der Waals surface area contributed by atoms with E-state index < -0.39 is 0 Å². The molecule has 0 aliphatic carbocycles. The highest BCUT2D eigenvalue weighted by molar-refractivity contribution is 5.92. The van der Waals surface area contributed by atoms with Crippen LogP contribution in [0, 0.1) is 12.8 Å². The highest BCUT2D eigenvalue weighted by Crippen LogP contribution is 2.39. The van der Waals surface area contributed by atoms with Gasteiger partial charge in [0.2, 0.25) is 5.89 Å². The third-order valence-electron chi connectivity index (χ3n) is 4.82. The fourth-order valence-electron chi connectivity index (χ4n) is 3.65. The van der Waals surface area contributed by atoms with Gasteiger partial charge in [-0.25, -0.2) is 9.97 Å². The van der Waals surface area contributed by atoms with E-state index in [1.54, 1.807) is 12.3 Å². The normalized spacial score (nSPS) is 26.9. The first kappa shape index (κ1) is 15.2. The van der Waals surface area contributed by atoms with E-state index in [0.717, 1.165) is 12.8 Å². The van der Waals surface area contributed by atoms with E-state index in [-0.39, 0.29) is 23.8 Å². The largest absolute Gasteiger partial charge is 0.378 e. The second kappa shape index (κ2) is 6.27. The van der Waals surface area contributed by atoms with Crippen LogP contribution < -0.4 is 0 Å². The number of aryl methyl sites for hydroxylation is 1. The minimum absolute atomic E-state index is 0.0677. The van der Waals surface area contributed by atoms with E-state index in [1.165, 1.54) is 6.33 Å². The summed E-state index contributed by atoms with van der Waals surface area (Å²) < 4.78 is 11.3. The molecule has 0 unspecified atom stereocenters. The Labute approximate surface area is 139 Å². The molecule has 0 N–H and O–H groups in total. The van der Waals surface area contributed by atoms with E-state index >= 15 is 0 Å². The molecule has 8 nitrogen and oxygen atoms in total. The van der Waals surface area contributed by atoms with Gasteiger partial charge in [0.1, 0.15) is 12.0 Å². The summed E-state index contributed by atoms with van der Waals surface area (Å²) in [7, 11) is 0. The Morgan fingerprint density at radius 2 is 2.29 bits per heavy atom. The number of aromatic nitrogens is 4. The average Bonchev–Trinajstić information content (AvgIpc) is 3.07. The summed E-state index contributed by atoms with van der Waals surface area (Å²) in [4.78, 5) is 26.8.